The topological polar surface area (TPSA) is 0 Å². The van der Waals surface area contributed by atoms with Crippen molar-refractivity contribution in [3.05, 3.63) is 59.5 Å². The zero-order chi connectivity index (χ0) is 24.7. The highest BCUT2D eigenvalue weighted by Crippen LogP contribution is 2.51. The number of hydrogen-bond acceptors (Lipinski definition) is 0. The zero-order valence-electron chi connectivity index (χ0n) is 21.9. The summed E-state index contributed by atoms with van der Waals surface area (Å²) in [6.45, 7) is 6.12. The highest BCUT2D eigenvalue weighted by molar-refractivity contribution is 5.55. The van der Waals surface area contributed by atoms with Gasteiger partial charge in [-0.25, -0.2) is 8.78 Å². The Bertz CT molecular complexity index is 959. The number of rotatable bonds is 10. The molecule has 0 spiro atoms. The molecule has 2 atom stereocenters. The molecule has 3 aliphatic rings. The minimum atomic E-state index is -1.54. The Hall–Kier alpha value is -1.70. The molecule has 0 aromatic heterocycles. The molecule has 35 heavy (non-hydrogen) atoms. The lowest BCUT2D eigenvalue weighted by atomic mass is 9.60. The first-order valence-corrected chi connectivity index (χ1v) is 14.5. The van der Waals surface area contributed by atoms with Crippen LogP contribution in [-0.2, 0) is 0 Å². The van der Waals surface area contributed by atoms with Crippen LogP contribution in [0.4, 0.5) is 8.78 Å². The molecule has 1 aromatic rings. The van der Waals surface area contributed by atoms with Gasteiger partial charge in [0.1, 0.15) is 5.83 Å². The van der Waals surface area contributed by atoms with E-state index in [1.54, 1.807) is 12.1 Å². The van der Waals surface area contributed by atoms with Crippen LogP contribution in [0, 0.1) is 29.1 Å². The quantitative estimate of drug-likeness (QED) is 0.294. The number of benzene rings is 1. The number of hydrogen-bond donors (Lipinski definition) is 0. The summed E-state index contributed by atoms with van der Waals surface area (Å²) in [5.74, 6) is 2.10. The number of halogens is 2. The molecule has 0 heterocycles. The molecule has 192 valence electrons. The lowest BCUT2D eigenvalue weighted by Gasteiger charge is -2.45. The van der Waals surface area contributed by atoms with Crippen molar-refractivity contribution in [2.75, 3.05) is 0 Å². The standard InChI is InChI=1S/C33H46F2/c1-3-5-7-10-25-13-15-26(16-14-25)17-18-27-19-21-29(22-20-27)33(23-6-4-2)24-28-11-8-9-12-30(28)31(34)32(33)35/h4,7-12,24-27,29,32H,2-3,5-6,13-23H2,1H3/b10-7+. The van der Waals surface area contributed by atoms with Crippen LogP contribution in [0.2, 0.25) is 0 Å². The van der Waals surface area contributed by atoms with Gasteiger partial charge in [-0.2, -0.15) is 0 Å². The van der Waals surface area contributed by atoms with E-state index in [0.717, 1.165) is 42.2 Å². The van der Waals surface area contributed by atoms with Crippen LogP contribution in [-0.4, -0.2) is 6.17 Å². The second-order valence-electron chi connectivity index (χ2n) is 11.7. The maximum Gasteiger partial charge on any atom is 0.161 e. The molecule has 1 aromatic carbocycles. The SMILES string of the molecule is C=CCCC1(C2CCC(CCC3CCC(/C=C/CCC)CC3)CC2)C=c2ccccc2=C(F)C1F. The second kappa shape index (κ2) is 12.5. The van der Waals surface area contributed by atoms with Gasteiger partial charge >= 0.3 is 0 Å². The molecule has 2 heteroatoms. The van der Waals surface area contributed by atoms with E-state index in [4.69, 9.17) is 0 Å². The molecule has 0 nitrogen and oxygen atoms in total. The van der Waals surface area contributed by atoms with E-state index in [0.29, 0.717) is 11.6 Å². The minimum absolute atomic E-state index is 0.207. The molecule has 0 amide bonds. The average molecular weight is 481 g/mol. The minimum Gasteiger partial charge on any atom is -0.239 e. The van der Waals surface area contributed by atoms with Crippen LogP contribution < -0.4 is 10.4 Å². The van der Waals surface area contributed by atoms with E-state index in [1.165, 1.54) is 64.2 Å². The maximum atomic E-state index is 15.8. The van der Waals surface area contributed by atoms with Crippen molar-refractivity contribution >= 4 is 11.9 Å². The smallest absolute Gasteiger partial charge is 0.161 e. The average Bonchev–Trinajstić information content (AvgIpc) is 2.90. The van der Waals surface area contributed by atoms with Gasteiger partial charge < -0.3 is 0 Å². The van der Waals surface area contributed by atoms with Crippen molar-refractivity contribution in [2.45, 2.75) is 103 Å². The predicted molar refractivity (Wildman–Crippen MR) is 146 cm³/mol. The third kappa shape index (κ3) is 6.17. The number of fused-ring (bicyclic) bond motifs is 1. The molecular weight excluding hydrogens is 434 g/mol. The molecular formula is C33H46F2. The first-order valence-electron chi connectivity index (χ1n) is 14.5. The molecule has 0 radical (unpaired) electrons. The molecule has 0 aliphatic heterocycles. The lowest BCUT2D eigenvalue weighted by Crippen LogP contribution is -2.48. The summed E-state index contributed by atoms with van der Waals surface area (Å²) < 4.78 is 31.1. The largest absolute Gasteiger partial charge is 0.239 e. The van der Waals surface area contributed by atoms with Crippen LogP contribution in [0.5, 0.6) is 0 Å². The van der Waals surface area contributed by atoms with Crippen LogP contribution in [0.25, 0.3) is 11.9 Å². The van der Waals surface area contributed by atoms with Gasteiger partial charge in [0.25, 0.3) is 0 Å². The maximum absolute atomic E-state index is 15.8. The normalized spacial score (nSPS) is 33.3. The van der Waals surface area contributed by atoms with E-state index in [2.05, 4.69) is 31.7 Å². The second-order valence-corrected chi connectivity index (χ2v) is 11.7. The summed E-state index contributed by atoms with van der Waals surface area (Å²) in [6.07, 6.45) is 23.6. The summed E-state index contributed by atoms with van der Waals surface area (Å²) in [6, 6.07) is 7.41. The molecule has 4 rings (SSSR count). The summed E-state index contributed by atoms with van der Waals surface area (Å²) in [7, 11) is 0. The van der Waals surface area contributed by atoms with E-state index < -0.39 is 17.4 Å². The Morgan fingerprint density at radius 3 is 2.26 bits per heavy atom. The van der Waals surface area contributed by atoms with Gasteiger partial charge in [0.15, 0.2) is 6.17 Å². The van der Waals surface area contributed by atoms with Crippen LogP contribution >= 0.6 is 0 Å². The van der Waals surface area contributed by atoms with Gasteiger partial charge in [-0.3, -0.25) is 0 Å². The summed E-state index contributed by atoms with van der Waals surface area (Å²) in [4.78, 5) is 0. The van der Waals surface area contributed by atoms with Crippen LogP contribution in [0.15, 0.2) is 49.1 Å². The predicted octanol–water partition coefficient (Wildman–Crippen LogP) is 8.60. The van der Waals surface area contributed by atoms with E-state index in [-0.39, 0.29) is 5.92 Å². The van der Waals surface area contributed by atoms with Crippen molar-refractivity contribution in [1.82, 2.24) is 0 Å². The molecule has 0 bridgehead atoms. The molecule has 2 fully saturated rings. The summed E-state index contributed by atoms with van der Waals surface area (Å²) >= 11 is 0. The molecule has 0 N–H and O–H groups in total. The van der Waals surface area contributed by atoms with Crippen LogP contribution in [0.1, 0.15) is 96.8 Å². The first-order chi connectivity index (χ1) is 17.1. The van der Waals surface area contributed by atoms with Crippen molar-refractivity contribution in [3.63, 3.8) is 0 Å². The van der Waals surface area contributed by atoms with Gasteiger partial charge in [-0.15, -0.1) is 6.58 Å². The van der Waals surface area contributed by atoms with Gasteiger partial charge in [-0.1, -0.05) is 87.6 Å². The van der Waals surface area contributed by atoms with E-state index in [9.17, 15) is 0 Å². The van der Waals surface area contributed by atoms with Gasteiger partial charge in [0, 0.05) is 10.6 Å². The summed E-state index contributed by atoms with van der Waals surface area (Å²) in [5.41, 5.74) is -0.735. The zero-order valence-corrected chi connectivity index (χ0v) is 21.9. The first kappa shape index (κ1) is 26.4. The van der Waals surface area contributed by atoms with Gasteiger partial charge in [0.2, 0.25) is 0 Å². The number of alkyl halides is 1. The number of allylic oxidation sites excluding steroid dienone is 3. The molecule has 0 saturated heterocycles. The Kier molecular flexibility index (Phi) is 9.42. The Morgan fingerprint density at radius 1 is 0.943 bits per heavy atom. The fourth-order valence-electron chi connectivity index (χ4n) is 7.24. The lowest BCUT2D eigenvalue weighted by molar-refractivity contribution is 0.0756. The summed E-state index contributed by atoms with van der Waals surface area (Å²) in [5, 5.41) is 1.31. The number of unbranched alkanes of at least 4 members (excludes halogenated alkanes) is 1. The van der Waals surface area contributed by atoms with Crippen LogP contribution in [0.3, 0.4) is 0 Å². The Labute approximate surface area is 212 Å². The molecule has 2 unspecified atom stereocenters. The monoisotopic (exact) mass is 480 g/mol. The highest BCUT2D eigenvalue weighted by atomic mass is 19.2. The Balaban J connectivity index is 1.33. The highest BCUT2D eigenvalue weighted by Gasteiger charge is 2.48. The van der Waals surface area contributed by atoms with Gasteiger partial charge in [-0.05, 0) is 86.7 Å². The molecule has 3 aliphatic carbocycles. The van der Waals surface area contributed by atoms with Crippen molar-refractivity contribution in [2.24, 2.45) is 29.1 Å². The van der Waals surface area contributed by atoms with Crippen molar-refractivity contribution in [3.8, 4) is 0 Å². The molecule has 2 saturated carbocycles. The fraction of sp³-hybridized carbons (Fsp3) is 0.636. The van der Waals surface area contributed by atoms with Gasteiger partial charge in [0.05, 0.1) is 0 Å². The van der Waals surface area contributed by atoms with E-state index >= 15 is 8.78 Å². The van der Waals surface area contributed by atoms with Crippen molar-refractivity contribution in [1.29, 1.82) is 0 Å². The van der Waals surface area contributed by atoms with Crippen molar-refractivity contribution < 1.29 is 8.78 Å². The third-order valence-electron chi connectivity index (χ3n) is 9.46. The van der Waals surface area contributed by atoms with E-state index in [1.807, 2.05) is 18.2 Å². The Morgan fingerprint density at radius 2 is 1.60 bits per heavy atom. The fourth-order valence-corrected chi connectivity index (χ4v) is 7.24. The third-order valence-corrected chi connectivity index (χ3v) is 9.46.